The van der Waals surface area contributed by atoms with E-state index in [1.165, 1.54) is 10.6 Å². The lowest BCUT2D eigenvalue weighted by atomic mass is 10.2. The Kier molecular flexibility index (Phi) is 4.28. The van der Waals surface area contributed by atoms with Crippen molar-refractivity contribution in [3.63, 3.8) is 0 Å². The summed E-state index contributed by atoms with van der Waals surface area (Å²) in [5.41, 5.74) is 6.94. The molecule has 0 unspecified atom stereocenters. The fraction of sp³-hybridized carbons (Fsp3) is 0.533. The summed E-state index contributed by atoms with van der Waals surface area (Å²) in [6, 6.07) is 3.59. The average molecular weight is 364 g/mol. The molecule has 9 nitrogen and oxygen atoms in total. The zero-order valence-electron chi connectivity index (χ0n) is 13.7. The second-order valence-corrected chi connectivity index (χ2v) is 8.13. The molecule has 0 bridgehead atoms. The number of nitrogens with zero attached hydrogens (tertiary/aromatic N) is 5. The van der Waals surface area contributed by atoms with Gasteiger partial charge < -0.3 is 10.5 Å². The Balaban J connectivity index is 1.59. The van der Waals surface area contributed by atoms with Gasteiger partial charge in [0.15, 0.2) is 5.65 Å². The molecule has 2 N–H and O–H groups in total. The highest BCUT2D eigenvalue weighted by atomic mass is 32.2. The van der Waals surface area contributed by atoms with Crippen LogP contribution < -0.4 is 5.73 Å². The number of anilines is 1. The third kappa shape index (κ3) is 3.06. The molecule has 2 aromatic heterocycles. The highest BCUT2D eigenvalue weighted by Gasteiger charge is 2.36. The van der Waals surface area contributed by atoms with E-state index in [0.717, 1.165) is 12.8 Å². The highest BCUT2D eigenvalue weighted by Crippen LogP contribution is 2.27. The van der Waals surface area contributed by atoms with Gasteiger partial charge in [0.25, 0.3) is 10.2 Å². The Bertz CT molecular complexity index is 884. The van der Waals surface area contributed by atoms with Crippen LogP contribution in [0.5, 0.6) is 0 Å². The largest absolute Gasteiger partial charge is 0.383 e. The molecule has 0 radical (unpaired) electrons. The predicted molar refractivity (Wildman–Crippen MR) is 91.7 cm³/mol. The van der Waals surface area contributed by atoms with Crippen molar-refractivity contribution < 1.29 is 13.2 Å². The van der Waals surface area contributed by atoms with Gasteiger partial charge in [-0.2, -0.15) is 17.0 Å². The van der Waals surface area contributed by atoms with Gasteiger partial charge in [-0.1, -0.05) is 0 Å². The molecule has 2 aliphatic rings. The van der Waals surface area contributed by atoms with E-state index in [9.17, 15) is 8.42 Å². The molecular formula is C15H20N6O3S. The van der Waals surface area contributed by atoms with E-state index in [0.29, 0.717) is 48.8 Å². The van der Waals surface area contributed by atoms with Crippen molar-refractivity contribution in [1.82, 2.24) is 23.6 Å². The first-order valence-corrected chi connectivity index (χ1v) is 9.69. The molecule has 0 amide bonds. The van der Waals surface area contributed by atoms with Crippen LogP contribution in [0.1, 0.15) is 24.6 Å². The van der Waals surface area contributed by atoms with Gasteiger partial charge in [0.1, 0.15) is 18.2 Å². The molecule has 25 heavy (non-hydrogen) atoms. The lowest BCUT2D eigenvalue weighted by molar-refractivity contribution is -0.00631. The van der Waals surface area contributed by atoms with Crippen molar-refractivity contribution in [2.24, 2.45) is 0 Å². The van der Waals surface area contributed by atoms with Crippen LogP contribution in [-0.2, 0) is 14.9 Å². The zero-order chi connectivity index (χ0) is 17.4. The first kappa shape index (κ1) is 16.6. The summed E-state index contributed by atoms with van der Waals surface area (Å²) in [6.07, 6.45) is 2.77. The molecule has 134 valence electrons. The zero-order valence-corrected chi connectivity index (χ0v) is 14.5. The molecule has 1 atom stereocenters. The summed E-state index contributed by atoms with van der Waals surface area (Å²) in [4.78, 5) is 12.6. The summed E-state index contributed by atoms with van der Waals surface area (Å²) in [5.74, 6) is 0.367. The summed E-state index contributed by atoms with van der Waals surface area (Å²) < 4.78 is 34.3. The first-order valence-electron chi connectivity index (χ1n) is 8.29. The topological polar surface area (TPSA) is 115 Å². The van der Waals surface area contributed by atoms with E-state index in [2.05, 4.69) is 15.0 Å². The van der Waals surface area contributed by atoms with Gasteiger partial charge >= 0.3 is 0 Å². The number of nitrogen functional groups attached to an aromatic ring is 1. The Labute approximate surface area is 146 Å². The SMILES string of the molecule is Nc1ncnc2nc([C@H]3CN(S(=O)(=O)N4CCCC4)CCO3)ccc12. The summed E-state index contributed by atoms with van der Waals surface area (Å²) in [7, 11) is -3.44. The van der Waals surface area contributed by atoms with Gasteiger partial charge in [-0.25, -0.2) is 15.0 Å². The van der Waals surface area contributed by atoms with Crippen LogP contribution in [0.2, 0.25) is 0 Å². The van der Waals surface area contributed by atoms with E-state index in [4.69, 9.17) is 10.5 Å². The van der Waals surface area contributed by atoms with Gasteiger partial charge in [0.05, 0.1) is 17.7 Å². The lowest BCUT2D eigenvalue weighted by Crippen LogP contribution is -2.48. The average Bonchev–Trinajstić information content (AvgIpc) is 3.17. The van der Waals surface area contributed by atoms with E-state index in [1.807, 2.05) is 0 Å². The maximum atomic E-state index is 12.8. The highest BCUT2D eigenvalue weighted by molar-refractivity contribution is 7.86. The Morgan fingerprint density at radius 2 is 1.92 bits per heavy atom. The molecule has 10 heteroatoms. The van der Waals surface area contributed by atoms with E-state index in [1.54, 1.807) is 16.4 Å². The van der Waals surface area contributed by atoms with Crippen LogP contribution in [0.15, 0.2) is 18.5 Å². The number of hydrogen-bond acceptors (Lipinski definition) is 7. The van der Waals surface area contributed by atoms with Crippen molar-refractivity contribution in [3.8, 4) is 0 Å². The van der Waals surface area contributed by atoms with Crippen LogP contribution in [0.4, 0.5) is 5.82 Å². The number of hydrogen-bond donors (Lipinski definition) is 1. The molecule has 0 spiro atoms. The summed E-state index contributed by atoms with van der Waals surface area (Å²) >= 11 is 0. The molecule has 2 saturated heterocycles. The van der Waals surface area contributed by atoms with Crippen LogP contribution in [-0.4, -0.2) is 64.8 Å². The minimum Gasteiger partial charge on any atom is -0.383 e. The molecule has 0 aliphatic carbocycles. The third-order valence-electron chi connectivity index (χ3n) is 4.63. The minimum atomic E-state index is -3.44. The van der Waals surface area contributed by atoms with Crippen molar-refractivity contribution in [2.75, 3.05) is 38.5 Å². The number of rotatable bonds is 3. The second kappa shape index (κ2) is 6.45. The molecule has 4 rings (SSSR count). The summed E-state index contributed by atoms with van der Waals surface area (Å²) in [5, 5.41) is 0.670. The van der Waals surface area contributed by atoms with E-state index < -0.39 is 16.3 Å². The normalized spacial score (nSPS) is 23.3. The molecule has 2 aliphatic heterocycles. The van der Waals surface area contributed by atoms with Gasteiger partial charge in [0, 0.05) is 26.2 Å². The van der Waals surface area contributed by atoms with Crippen LogP contribution in [0.3, 0.4) is 0 Å². The van der Waals surface area contributed by atoms with Crippen LogP contribution in [0, 0.1) is 0 Å². The number of fused-ring (bicyclic) bond motifs is 1. The van der Waals surface area contributed by atoms with Gasteiger partial charge in [-0.15, -0.1) is 0 Å². The minimum absolute atomic E-state index is 0.248. The second-order valence-electron chi connectivity index (χ2n) is 6.20. The monoisotopic (exact) mass is 364 g/mol. The van der Waals surface area contributed by atoms with E-state index >= 15 is 0 Å². The fourth-order valence-corrected chi connectivity index (χ4v) is 4.93. The molecule has 4 heterocycles. The van der Waals surface area contributed by atoms with Crippen molar-refractivity contribution in [3.05, 3.63) is 24.2 Å². The third-order valence-corrected chi connectivity index (χ3v) is 6.63. The predicted octanol–water partition coefficient (Wildman–Crippen LogP) is 0.321. The van der Waals surface area contributed by atoms with Gasteiger partial charge in [-0.05, 0) is 25.0 Å². The fourth-order valence-electron chi connectivity index (χ4n) is 3.25. The quantitative estimate of drug-likeness (QED) is 0.834. The summed E-state index contributed by atoms with van der Waals surface area (Å²) in [6.45, 7) is 2.13. The van der Waals surface area contributed by atoms with Crippen LogP contribution >= 0.6 is 0 Å². The van der Waals surface area contributed by atoms with Crippen molar-refractivity contribution >= 4 is 27.1 Å². The molecule has 2 fully saturated rings. The number of ether oxygens (including phenoxy) is 1. The maximum Gasteiger partial charge on any atom is 0.282 e. The standard InChI is InChI=1S/C15H20N6O3S/c16-14-11-3-4-12(19-15(11)18-10-17-14)13-9-21(7-8-24-13)25(22,23)20-5-1-2-6-20/h3-4,10,13H,1-2,5-9H2,(H2,16,17,18,19)/t13-/m1/s1. The number of aromatic nitrogens is 3. The molecular weight excluding hydrogens is 344 g/mol. The Morgan fingerprint density at radius 3 is 2.72 bits per heavy atom. The van der Waals surface area contributed by atoms with Crippen LogP contribution in [0.25, 0.3) is 11.0 Å². The lowest BCUT2D eigenvalue weighted by Gasteiger charge is -2.34. The number of morpholine rings is 1. The van der Waals surface area contributed by atoms with E-state index in [-0.39, 0.29) is 6.54 Å². The smallest absolute Gasteiger partial charge is 0.282 e. The maximum absolute atomic E-state index is 12.8. The van der Waals surface area contributed by atoms with Gasteiger partial charge in [-0.3, -0.25) is 0 Å². The molecule has 0 aromatic carbocycles. The first-order chi connectivity index (χ1) is 12.1. The number of nitrogens with two attached hydrogens (primary N) is 1. The molecule has 2 aromatic rings. The van der Waals surface area contributed by atoms with Crippen molar-refractivity contribution in [2.45, 2.75) is 18.9 Å². The molecule has 0 saturated carbocycles. The van der Waals surface area contributed by atoms with Gasteiger partial charge in [0.2, 0.25) is 0 Å². The Hall–Kier alpha value is -1.88. The Morgan fingerprint density at radius 1 is 1.12 bits per heavy atom. The van der Waals surface area contributed by atoms with Crippen molar-refractivity contribution in [1.29, 1.82) is 0 Å². The number of pyridine rings is 1.